The number of para-hydroxylation sites is 1. The second kappa shape index (κ2) is 7.61. The number of carbonyl (C=O) groups is 1. The largest absolute Gasteiger partial charge is 0.493 e. The average molecular weight is 404 g/mol. The van der Waals surface area contributed by atoms with Crippen LogP contribution in [-0.2, 0) is 6.54 Å². The minimum Gasteiger partial charge on any atom is -0.493 e. The number of fused-ring (bicyclic) bond motifs is 2. The van der Waals surface area contributed by atoms with Gasteiger partial charge in [-0.1, -0.05) is 49.3 Å². The van der Waals surface area contributed by atoms with Gasteiger partial charge in [0, 0.05) is 5.39 Å². The first-order valence-electron chi connectivity index (χ1n) is 9.24. The summed E-state index contributed by atoms with van der Waals surface area (Å²) < 4.78 is 14.0. The maximum absolute atomic E-state index is 12.8. The van der Waals surface area contributed by atoms with Crippen LogP contribution in [0.15, 0.2) is 51.9 Å². The van der Waals surface area contributed by atoms with Gasteiger partial charge in [-0.3, -0.25) is 4.79 Å². The highest BCUT2D eigenvalue weighted by Gasteiger charge is 2.16. The molecule has 0 N–H and O–H groups in total. The number of methoxy groups -OCH3 is 1. The molecule has 0 aliphatic carbocycles. The number of benzene rings is 2. The SMILES string of the molecule is C#CCn1c(=NC(=O)c2cc3cccc(OC)c3o2)sc2cc(C(C)C)ccc21. The highest BCUT2D eigenvalue weighted by atomic mass is 32.1. The Hall–Kier alpha value is -3.30. The quantitative estimate of drug-likeness (QED) is 0.452. The molecule has 2 aromatic carbocycles. The Morgan fingerprint density at radius 2 is 2.14 bits per heavy atom. The topological polar surface area (TPSA) is 56.7 Å². The summed E-state index contributed by atoms with van der Waals surface area (Å²) in [6, 6.07) is 13.4. The van der Waals surface area contributed by atoms with Gasteiger partial charge in [-0.15, -0.1) is 6.42 Å². The number of nitrogens with zero attached hydrogens (tertiary/aromatic N) is 2. The molecule has 2 aromatic heterocycles. The molecule has 0 radical (unpaired) electrons. The number of amides is 1. The highest BCUT2D eigenvalue weighted by Crippen LogP contribution is 2.29. The fourth-order valence-electron chi connectivity index (χ4n) is 3.22. The van der Waals surface area contributed by atoms with Crippen LogP contribution in [0.3, 0.4) is 0 Å². The fraction of sp³-hybridized carbons (Fsp3) is 0.217. The standard InChI is InChI=1S/C23H20N2O3S/c1-5-11-25-17-10-9-15(14(2)3)13-20(17)29-23(25)24-22(26)19-12-16-7-6-8-18(27-4)21(16)28-19/h1,6-10,12-14H,11H2,2-4H3. The summed E-state index contributed by atoms with van der Waals surface area (Å²) in [6.07, 6.45) is 5.56. The first-order valence-corrected chi connectivity index (χ1v) is 10.1. The van der Waals surface area contributed by atoms with Crippen molar-refractivity contribution in [3.8, 4) is 18.1 Å². The summed E-state index contributed by atoms with van der Waals surface area (Å²) >= 11 is 1.45. The number of carbonyl (C=O) groups excluding carboxylic acids is 1. The van der Waals surface area contributed by atoms with Gasteiger partial charge in [-0.25, -0.2) is 0 Å². The van der Waals surface area contributed by atoms with E-state index in [1.807, 2.05) is 22.8 Å². The van der Waals surface area contributed by atoms with Gasteiger partial charge in [-0.05, 0) is 35.7 Å². The van der Waals surface area contributed by atoms with Crippen molar-refractivity contribution < 1.29 is 13.9 Å². The van der Waals surface area contributed by atoms with Crippen LogP contribution in [0.1, 0.15) is 35.9 Å². The third-order valence-corrected chi connectivity index (χ3v) is 5.80. The van der Waals surface area contributed by atoms with Gasteiger partial charge >= 0.3 is 5.91 Å². The number of rotatable bonds is 4. The summed E-state index contributed by atoms with van der Waals surface area (Å²) in [4.78, 5) is 17.7. The second-order valence-electron chi connectivity index (χ2n) is 6.96. The van der Waals surface area contributed by atoms with E-state index in [-0.39, 0.29) is 5.76 Å². The zero-order valence-electron chi connectivity index (χ0n) is 16.4. The van der Waals surface area contributed by atoms with Crippen LogP contribution in [0.4, 0.5) is 0 Å². The van der Waals surface area contributed by atoms with E-state index in [4.69, 9.17) is 15.6 Å². The Morgan fingerprint density at radius 1 is 1.31 bits per heavy atom. The van der Waals surface area contributed by atoms with Crippen molar-refractivity contribution in [1.29, 1.82) is 0 Å². The van der Waals surface area contributed by atoms with Crippen molar-refractivity contribution in [3.63, 3.8) is 0 Å². The lowest BCUT2D eigenvalue weighted by atomic mass is 10.0. The number of ether oxygens (including phenoxy) is 1. The lowest BCUT2D eigenvalue weighted by Gasteiger charge is -2.05. The molecule has 6 heteroatoms. The first kappa shape index (κ1) is 19.0. The molecule has 0 spiro atoms. The molecule has 0 atom stereocenters. The molecule has 0 saturated carbocycles. The van der Waals surface area contributed by atoms with E-state index in [1.54, 1.807) is 19.2 Å². The van der Waals surface area contributed by atoms with Crippen molar-refractivity contribution >= 4 is 38.4 Å². The van der Waals surface area contributed by atoms with E-state index >= 15 is 0 Å². The molecule has 146 valence electrons. The van der Waals surface area contributed by atoms with Gasteiger partial charge in [0.1, 0.15) is 0 Å². The predicted octanol–water partition coefficient (Wildman–Crippen LogP) is 4.96. The van der Waals surface area contributed by atoms with E-state index in [2.05, 4.69) is 36.9 Å². The van der Waals surface area contributed by atoms with Crippen LogP contribution < -0.4 is 9.54 Å². The predicted molar refractivity (Wildman–Crippen MR) is 115 cm³/mol. The maximum Gasteiger partial charge on any atom is 0.315 e. The molecule has 0 bridgehead atoms. The lowest BCUT2D eigenvalue weighted by molar-refractivity contribution is 0.0973. The van der Waals surface area contributed by atoms with Crippen LogP contribution in [0.2, 0.25) is 0 Å². The van der Waals surface area contributed by atoms with Gasteiger partial charge < -0.3 is 13.7 Å². The molecule has 0 aliphatic rings. The Bertz CT molecular complexity index is 1330. The molecule has 1 amide bonds. The van der Waals surface area contributed by atoms with Crippen LogP contribution in [0, 0.1) is 12.3 Å². The zero-order chi connectivity index (χ0) is 20.5. The smallest absolute Gasteiger partial charge is 0.315 e. The number of hydrogen-bond donors (Lipinski definition) is 0. The van der Waals surface area contributed by atoms with Crippen LogP contribution in [0.5, 0.6) is 5.75 Å². The molecule has 29 heavy (non-hydrogen) atoms. The Morgan fingerprint density at radius 3 is 2.86 bits per heavy atom. The molecule has 0 fully saturated rings. The Balaban J connectivity index is 1.83. The molecule has 0 saturated heterocycles. The maximum atomic E-state index is 12.8. The summed E-state index contributed by atoms with van der Waals surface area (Å²) in [5.74, 6) is 3.35. The van der Waals surface area contributed by atoms with E-state index in [0.29, 0.717) is 28.6 Å². The minimum absolute atomic E-state index is 0.164. The van der Waals surface area contributed by atoms with Crippen molar-refractivity contribution in [2.45, 2.75) is 26.3 Å². The molecule has 2 heterocycles. The number of aromatic nitrogens is 1. The molecule has 4 aromatic rings. The van der Waals surface area contributed by atoms with Crippen LogP contribution in [-0.4, -0.2) is 17.6 Å². The number of furan rings is 1. The highest BCUT2D eigenvalue weighted by molar-refractivity contribution is 7.16. The van der Waals surface area contributed by atoms with E-state index in [0.717, 1.165) is 15.6 Å². The van der Waals surface area contributed by atoms with Crippen LogP contribution >= 0.6 is 11.3 Å². The third kappa shape index (κ3) is 3.45. The Labute approximate surface area is 172 Å². The van der Waals surface area contributed by atoms with E-state index in [9.17, 15) is 4.79 Å². The fourth-order valence-corrected chi connectivity index (χ4v) is 4.30. The average Bonchev–Trinajstić information content (AvgIpc) is 3.29. The minimum atomic E-state index is -0.454. The number of thiazole rings is 1. The normalized spacial score (nSPS) is 12.0. The van der Waals surface area contributed by atoms with Gasteiger partial charge in [-0.2, -0.15) is 4.99 Å². The number of terminal acetylenes is 1. The molecular weight excluding hydrogens is 384 g/mol. The summed E-state index contributed by atoms with van der Waals surface area (Å²) in [7, 11) is 1.56. The van der Waals surface area contributed by atoms with Crippen molar-refractivity contribution in [2.75, 3.05) is 7.11 Å². The summed E-state index contributed by atoms with van der Waals surface area (Å²) in [5.41, 5.74) is 2.73. The van der Waals surface area contributed by atoms with Gasteiger partial charge in [0.05, 0.1) is 23.9 Å². The van der Waals surface area contributed by atoms with E-state index < -0.39 is 5.91 Å². The molecular formula is C23H20N2O3S. The molecule has 5 nitrogen and oxygen atoms in total. The zero-order valence-corrected chi connectivity index (χ0v) is 17.2. The lowest BCUT2D eigenvalue weighted by Crippen LogP contribution is -2.16. The van der Waals surface area contributed by atoms with E-state index in [1.165, 1.54) is 16.9 Å². The number of hydrogen-bond acceptors (Lipinski definition) is 4. The van der Waals surface area contributed by atoms with Crippen molar-refractivity contribution in [3.05, 3.63) is 58.6 Å². The van der Waals surface area contributed by atoms with Crippen molar-refractivity contribution in [1.82, 2.24) is 4.57 Å². The second-order valence-corrected chi connectivity index (χ2v) is 7.97. The van der Waals surface area contributed by atoms with Crippen LogP contribution in [0.25, 0.3) is 21.2 Å². The summed E-state index contributed by atoms with van der Waals surface area (Å²) in [5, 5.41) is 0.789. The molecule has 4 rings (SSSR count). The van der Waals surface area contributed by atoms with Crippen molar-refractivity contribution in [2.24, 2.45) is 4.99 Å². The van der Waals surface area contributed by atoms with Gasteiger partial charge in [0.15, 0.2) is 21.9 Å². The van der Waals surface area contributed by atoms with Gasteiger partial charge in [0.2, 0.25) is 0 Å². The third-order valence-electron chi connectivity index (χ3n) is 4.76. The summed E-state index contributed by atoms with van der Waals surface area (Å²) in [6.45, 7) is 4.63. The molecule has 0 unspecified atom stereocenters. The van der Waals surface area contributed by atoms with Gasteiger partial charge in [0.25, 0.3) is 0 Å². The Kier molecular flexibility index (Phi) is 4.99. The monoisotopic (exact) mass is 404 g/mol. The first-order chi connectivity index (χ1) is 14.0. The molecule has 0 aliphatic heterocycles.